The van der Waals surface area contributed by atoms with E-state index >= 15 is 0 Å². The standard InChI is InChI=1S/C15H12FN3O2S/c16-10-3-1-4-11(9-10)17-13(20)6-7-14-18-15(19-21-14)12-5-2-8-22-12/h1-5,8-9H,6-7H2,(H,17,20). The molecule has 3 rings (SSSR count). The Balaban J connectivity index is 1.55. The Morgan fingerprint density at radius 1 is 1.32 bits per heavy atom. The predicted octanol–water partition coefficient (Wildman–Crippen LogP) is 3.51. The number of aromatic nitrogens is 2. The highest BCUT2D eigenvalue weighted by molar-refractivity contribution is 7.13. The molecule has 0 spiro atoms. The Bertz CT molecular complexity index is 771. The number of carbonyl (C=O) groups excluding carboxylic acids is 1. The lowest BCUT2D eigenvalue weighted by molar-refractivity contribution is -0.116. The van der Waals surface area contributed by atoms with Crippen molar-refractivity contribution in [3.8, 4) is 10.7 Å². The normalized spacial score (nSPS) is 10.6. The van der Waals surface area contributed by atoms with Gasteiger partial charge in [-0.1, -0.05) is 17.3 Å². The topological polar surface area (TPSA) is 68.0 Å². The number of aryl methyl sites for hydroxylation is 1. The van der Waals surface area contributed by atoms with E-state index in [0.717, 1.165) is 4.88 Å². The van der Waals surface area contributed by atoms with Crippen LogP contribution in [0.1, 0.15) is 12.3 Å². The molecular weight excluding hydrogens is 305 g/mol. The Morgan fingerprint density at radius 2 is 2.23 bits per heavy atom. The second-order valence-corrected chi connectivity index (χ2v) is 5.50. The van der Waals surface area contributed by atoms with Gasteiger partial charge in [0.05, 0.1) is 4.88 Å². The first-order chi connectivity index (χ1) is 10.7. The maximum absolute atomic E-state index is 13.0. The molecule has 1 N–H and O–H groups in total. The number of thiophene rings is 1. The summed E-state index contributed by atoms with van der Waals surface area (Å²) in [5, 5.41) is 8.42. The monoisotopic (exact) mass is 317 g/mol. The molecule has 0 saturated heterocycles. The molecule has 0 unspecified atom stereocenters. The fourth-order valence-electron chi connectivity index (χ4n) is 1.87. The van der Waals surface area contributed by atoms with Gasteiger partial charge in [0.1, 0.15) is 5.82 Å². The number of anilines is 1. The molecule has 22 heavy (non-hydrogen) atoms. The number of hydrogen-bond acceptors (Lipinski definition) is 5. The summed E-state index contributed by atoms with van der Waals surface area (Å²) < 4.78 is 18.1. The zero-order chi connectivity index (χ0) is 15.4. The van der Waals surface area contributed by atoms with Crippen molar-refractivity contribution < 1.29 is 13.7 Å². The zero-order valence-corrected chi connectivity index (χ0v) is 12.3. The van der Waals surface area contributed by atoms with Gasteiger partial charge in [0, 0.05) is 18.5 Å². The number of rotatable bonds is 5. The van der Waals surface area contributed by atoms with Crippen LogP contribution >= 0.6 is 11.3 Å². The molecule has 0 aliphatic rings. The van der Waals surface area contributed by atoms with Crippen molar-refractivity contribution >= 4 is 22.9 Å². The molecule has 7 heteroatoms. The minimum Gasteiger partial charge on any atom is -0.339 e. The van der Waals surface area contributed by atoms with E-state index in [1.807, 2.05) is 17.5 Å². The molecule has 1 aromatic carbocycles. The number of carbonyl (C=O) groups is 1. The minimum absolute atomic E-state index is 0.183. The Kier molecular flexibility index (Phi) is 4.24. The highest BCUT2D eigenvalue weighted by Crippen LogP contribution is 2.21. The number of halogens is 1. The van der Waals surface area contributed by atoms with Gasteiger partial charge < -0.3 is 9.84 Å². The van der Waals surface area contributed by atoms with E-state index in [1.54, 1.807) is 6.07 Å². The van der Waals surface area contributed by atoms with Crippen LogP contribution in [0.2, 0.25) is 0 Å². The van der Waals surface area contributed by atoms with Crippen molar-refractivity contribution in [1.29, 1.82) is 0 Å². The molecule has 0 aliphatic heterocycles. The smallest absolute Gasteiger partial charge is 0.227 e. The highest BCUT2D eigenvalue weighted by atomic mass is 32.1. The van der Waals surface area contributed by atoms with Crippen LogP contribution in [0.5, 0.6) is 0 Å². The van der Waals surface area contributed by atoms with E-state index in [4.69, 9.17) is 4.52 Å². The molecule has 0 aliphatic carbocycles. The third-order valence-electron chi connectivity index (χ3n) is 2.88. The average molecular weight is 317 g/mol. The fourth-order valence-corrected chi connectivity index (χ4v) is 2.52. The van der Waals surface area contributed by atoms with Gasteiger partial charge >= 0.3 is 0 Å². The molecule has 3 aromatic rings. The number of nitrogens with one attached hydrogen (secondary N) is 1. The molecule has 1 amide bonds. The minimum atomic E-state index is -0.393. The predicted molar refractivity (Wildman–Crippen MR) is 81.0 cm³/mol. The largest absolute Gasteiger partial charge is 0.339 e. The van der Waals surface area contributed by atoms with Crippen LogP contribution in [0.3, 0.4) is 0 Å². The van der Waals surface area contributed by atoms with Gasteiger partial charge in [-0.2, -0.15) is 4.98 Å². The van der Waals surface area contributed by atoms with Crippen molar-refractivity contribution in [3.05, 3.63) is 53.5 Å². The molecular formula is C15H12FN3O2S. The van der Waals surface area contributed by atoms with Crippen molar-refractivity contribution in [2.45, 2.75) is 12.8 Å². The van der Waals surface area contributed by atoms with Crippen molar-refractivity contribution in [2.75, 3.05) is 5.32 Å². The number of amides is 1. The van der Waals surface area contributed by atoms with E-state index in [0.29, 0.717) is 23.8 Å². The van der Waals surface area contributed by atoms with Gasteiger partial charge in [0.25, 0.3) is 0 Å². The summed E-state index contributed by atoms with van der Waals surface area (Å²) in [5.74, 6) is 0.296. The molecule has 0 saturated carbocycles. The maximum atomic E-state index is 13.0. The highest BCUT2D eigenvalue weighted by Gasteiger charge is 2.11. The summed E-state index contributed by atoms with van der Waals surface area (Å²) in [6, 6.07) is 9.55. The van der Waals surface area contributed by atoms with E-state index in [2.05, 4.69) is 15.5 Å². The lowest BCUT2D eigenvalue weighted by Crippen LogP contribution is -2.12. The molecule has 2 aromatic heterocycles. The first kappa shape index (κ1) is 14.4. The van der Waals surface area contributed by atoms with Crippen LogP contribution in [-0.4, -0.2) is 16.0 Å². The SMILES string of the molecule is O=C(CCc1nc(-c2cccs2)no1)Nc1cccc(F)c1. The molecule has 0 fully saturated rings. The molecule has 0 atom stereocenters. The van der Waals surface area contributed by atoms with Crippen LogP contribution in [0, 0.1) is 5.82 Å². The zero-order valence-electron chi connectivity index (χ0n) is 11.5. The van der Waals surface area contributed by atoms with E-state index in [-0.39, 0.29) is 12.3 Å². The average Bonchev–Trinajstić information content (AvgIpc) is 3.16. The first-order valence-corrected chi connectivity index (χ1v) is 7.50. The Hall–Kier alpha value is -2.54. The van der Waals surface area contributed by atoms with Crippen LogP contribution in [0.15, 0.2) is 46.3 Å². The van der Waals surface area contributed by atoms with Crippen LogP contribution in [0.4, 0.5) is 10.1 Å². The quantitative estimate of drug-likeness (QED) is 0.782. The van der Waals surface area contributed by atoms with Crippen molar-refractivity contribution in [2.24, 2.45) is 0 Å². The molecule has 2 heterocycles. The molecule has 0 radical (unpaired) electrons. The third kappa shape index (κ3) is 3.56. The maximum Gasteiger partial charge on any atom is 0.227 e. The summed E-state index contributed by atoms with van der Waals surface area (Å²) in [6.07, 6.45) is 0.516. The lowest BCUT2D eigenvalue weighted by Gasteiger charge is -2.03. The fraction of sp³-hybridized carbons (Fsp3) is 0.133. The van der Waals surface area contributed by atoms with Gasteiger partial charge in [0.2, 0.25) is 17.6 Å². The lowest BCUT2D eigenvalue weighted by atomic mass is 10.2. The van der Waals surface area contributed by atoms with Gasteiger partial charge in [-0.15, -0.1) is 11.3 Å². The van der Waals surface area contributed by atoms with E-state index in [9.17, 15) is 9.18 Å². The third-order valence-corrected chi connectivity index (χ3v) is 3.75. The first-order valence-electron chi connectivity index (χ1n) is 6.62. The summed E-state index contributed by atoms with van der Waals surface area (Å²) in [7, 11) is 0. The van der Waals surface area contributed by atoms with Crippen LogP contribution in [-0.2, 0) is 11.2 Å². The van der Waals surface area contributed by atoms with Gasteiger partial charge in [0.15, 0.2) is 0 Å². The number of hydrogen-bond donors (Lipinski definition) is 1. The summed E-state index contributed by atoms with van der Waals surface area (Å²) >= 11 is 1.52. The second kappa shape index (κ2) is 6.48. The number of benzene rings is 1. The van der Waals surface area contributed by atoms with Crippen molar-refractivity contribution in [1.82, 2.24) is 10.1 Å². The number of nitrogens with zero attached hydrogens (tertiary/aromatic N) is 2. The Morgan fingerprint density at radius 3 is 3.00 bits per heavy atom. The summed E-state index contributed by atoms with van der Waals surface area (Å²) in [4.78, 5) is 17.0. The summed E-state index contributed by atoms with van der Waals surface area (Å²) in [6.45, 7) is 0. The van der Waals surface area contributed by atoms with Crippen molar-refractivity contribution in [3.63, 3.8) is 0 Å². The van der Waals surface area contributed by atoms with Gasteiger partial charge in [-0.25, -0.2) is 4.39 Å². The van der Waals surface area contributed by atoms with Crippen LogP contribution in [0.25, 0.3) is 10.7 Å². The van der Waals surface area contributed by atoms with E-state index < -0.39 is 5.82 Å². The Labute approximate surface area is 129 Å². The molecule has 0 bridgehead atoms. The summed E-state index contributed by atoms with van der Waals surface area (Å²) in [5.41, 5.74) is 0.426. The van der Waals surface area contributed by atoms with Gasteiger partial charge in [-0.3, -0.25) is 4.79 Å². The molecule has 5 nitrogen and oxygen atoms in total. The van der Waals surface area contributed by atoms with E-state index in [1.165, 1.54) is 29.5 Å². The molecule has 112 valence electrons. The van der Waals surface area contributed by atoms with Crippen LogP contribution < -0.4 is 5.32 Å². The van der Waals surface area contributed by atoms with Gasteiger partial charge in [-0.05, 0) is 29.6 Å². The second-order valence-electron chi connectivity index (χ2n) is 4.55.